The normalized spacial score (nSPS) is 14.2. The van der Waals surface area contributed by atoms with Gasteiger partial charge in [-0.15, -0.1) is 12.4 Å². The van der Waals surface area contributed by atoms with Crippen molar-refractivity contribution >= 4 is 35.6 Å². The summed E-state index contributed by atoms with van der Waals surface area (Å²) in [4.78, 5) is 20.0. The number of likely N-dealkylation sites (N-methyl/N-ethyl adjacent to an activating group) is 2. The summed E-state index contributed by atoms with van der Waals surface area (Å²) in [6.07, 6.45) is 3.69. The third-order valence-electron chi connectivity index (χ3n) is 6.43. The first-order valence-electron chi connectivity index (χ1n) is 12.3. The molecule has 190 valence electrons. The van der Waals surface area contributed by atoms with E-state index in [0.717, 1.165) is 56.1 Å². The molecule has 0 spiro atoms. The van der Waals surface area contributed by atoms with Crippen LogP contribution in [0.2, 0.25) is 0 Å². The molecule has 3 aromatic carbocycles. The maximum absolute atomic E-state index is 13.1. The first-order chi connectivity index (χ1) is 17.0. The van der Waals surface area contributed by atoms with Gasteiger partial charge in [0.1, 0.15) is 0 Å². The lowest BCUT2D eigenvalue weighted by Crippen LogP contribution is -2.44. The molecule has 0 aromatic heterocycles. The van der Waals surface area contributed by atoms with E-state index in [9.17, 15) is 4.79 Å². The number of allylic oxidation sites excluding steroid dienone is 1. The summed E-state index contributed by atoms with van der Waals surface area (Å²) in [5.74, 6) is 0.00991. The Labute approximate surface area is 221 Å². The molecule has 0 atom stereocenters. The van der Waals surface area contributed by atoms with Crippen LogP contribution in [0.25, 0.3) is 17.2 Å². The molecule has 6 heteroatoms. The van der Waals surface area contributed by atoms with Crippen molar-refractivity contribution in [1.29, 1.82) is 0 Å². The molecule has 1 N–H and O–H groups in total. The van der Waals surface area contributed by atoms with Gasteiger partial charge in [-0.2, -0.15) is 0 Å². The fraction of sp³-hybridized carbons (Fsp3) is 0.300. The van der Waals surface area contributed by atoms with Crippen LogP contribution in [-0.2, 0) is 0 Å². The number of carbonyl (C=O) groups is 1. The molecule has 36 heavy (non-hydrogen) atoms. The molecule has 0 amide bonds. The number of nitrogens with zero attached hydrogens (tertiary/aromatic N) is 3. The molecule has 1 saturated heterocycles. The van der Waals surface area contributed by atoms with Gasteiger partial charge in [0, 0.05) is 56.2 Å². The molecule has 1 heterocycles. The molecule has 0 unspecified atom stereocenters. The van der Waals surface area contributed by atoms with Crippen molar-refractivity contribution in [3.8, 4) is 11.1 Å². The largest absolute Gasteiger partial charge is 0.384 e. The average molecular weight is 505 g/mol. The van der Waals surface area contributed by atoms with Crippen LogP contribution >= 0.6 is 12.4 Å². The summed E-state index contributed by atoms with van der Waals surface area (Å²) in [6.45, 7) is 5.81. The second-order valence-electron chi connectivity index (χ2n) is 9.44. The monoisotopic (exact) mass is 504 g/mol. The smallest absolute Gasteiger partial charge is 0.185 e. The van der Waals surface area contributed by atoms with E-state index in [1.165, 1.54) is 11.3 Å². The van der Waals surface area contributed by atoms with Gasteiger partial charge in [-0.3, -0.25) is 4.79 Å². The predicted octanol–water partition coefficient (Wildman–Crippen LogP) is 5.40. The van der Waals surface area contributed by atoms with E-state index < -0.39 is 0 Å². The standard InChI is InChI=1S/C30H36N4O.ClH/c1-32(2)17-16-31-28-11-7-10-27(23-28)30(35)15-13-26-22-25(24-8-5-4-6-9-24)12-14-29(26)34-20-18-33(3)19-21-34;/h4-15,22-23,31H,16-21H2,1-3H3;1H/b15-13+;. The molecule has 5 nitrogen and oxygen atoms in total. The number of benzene rings is 3. The summed E-state index contributed by atoms with van der Waals surface area (Å²) in [7, 11) is 6.27. The number of rotatable bonds is 9. The van der Waals surface area contributed by atoms with Crippen molar-refractivity contribution in [2.45, 2.75) is 0 Å². The summed E-state index contributed by atoms with van der Waals surface area (Å²) < 4.78 is 0. The second kappa shape index (κ2) is 13.3. The molecule has 0 aliphatic carbocycles. The molecule has 1 aliphatic rings. The number of carbonyl (C=O) groups excluding carboxylic acids is 1. The Morgan fingerprint density at radius 2 is 1.67 bits per heavy atom. The van der Waals surface area contributed by atoms with Gasteiger partial charge < -0.3 is 20.0 Å². The van der Waals surface area contributed by atoms with Crippen LogP contribution in [-0.4, -0.2) is 76.0 Å². The summed E-state index contributed by atoms with van der Waals surface area (Å²) in [6, 6.07) is 24.7. The van der Waals surface area contributed by atoms with Gasteiger partial charge in [0.25, 0.3) is 0 Å². The number of nitrogens with one attached hydrogen (secondary N) is 1. The zero-order valence-electron chi connectivity index (χ0n) is 21.5. The van der Waals surface area contributed by atoms with Crippen molar-refractivity contribution in [2.24, 2.45) is 0 Å². The molecule has 4 rings (SSSR count). The molecule has 1 fully saturated rings. The lowest BCUT2D eigenvalue weighted by Gasteiger charge is -2.35. The first-order valence-corrected chi connectivity index (χ1v) is 12.3. The molecule has 1 aliphatic heterocycles. The van der Waals surface area contributed by atoms with E-state index in [0.29, 0.717) is 5.56 Å². The van der Waals surface area contributed by atoms with Crippen LogP contribution in [0.5, 0.6) is 0 Å². The second-order valence-corrected chi connectivity index (χ2v) is 9.44. The van der Waals surface area contributed by atoms with E-state index in [4.69, 9.17) is 0 Å². The Balaban J connectivity index is 0.00000361. The van der Waals surface area contributed by atoms with E-state index >= 15 is 0 Å². The Hall–Kier alpha value is -3.12. The Bertz CT molecular complexity index is 1150. The number of anilines is 2. The highest BCUT2D eigenvalue weighted by Gasteiger charge is 2.17. The number of piperazine rings is 1. The van der Waals surface area contributed by atoms with Crippen LogP contribution in [0.3, 0.4) is 0 Å². The van der Waals surface area contributed by atoms with Crippen molar-refractivity contribution in [3.63, 3.8) is 0 Å². The quantitative estimate of drug-likeness (QED) is 0.312. The lowest BCUT2D eigenvalue weighted by atomic mass is 10.00. The highest BCUT2D eigenvalue weighted by molar-refractivity contribution is 6.07. The number of ketones is 1. The molecular weight excluding hydrogens is 468 g/mol. The fourth-order valence-electron chi connectivity index (χ4n) is 4.30. The highest BCUT2D eigenvalue weighted by atomic mass is 35.5. The van der Waals surface area contributed by atoms with Gasteiger partial charge in [-0.05, 0) is 74.3 Å². The topological polar surface area (TPSA) is 38.8 Å². The van der Waals surface area contributed by atoms with Gasteiger partial charge in [-0.1, -0.05) is 48.5 Å². The zero-order chi connectivity index (χ0) is 24.6. The van der Waals surface area contributed by atoms with E-state index in [-0.39, 0.29) is 18.2 Å². The van der Waals surface area contributed by atoms with Crippen molar-refractivity contribution in [3.05, 3.63) is 90.0 Å². The third kappa shape index (κ3) is 7.44. The lowest BCUT2D eigenvalue weighted by molar-refractivity contribution is 0.104. The van der Waals surface area contributed by atoms with E-state index in [2.05, 4.69) is 83.6 Å². The molecular formula is C30H37ClN4O. The predicted molar refractivity (Wildman–Crippen MR) is 156 cm³/mol. The van der Waals surface area contributed by atoms with Gasteiger partial charge in [0.15, 0.2) is 5.78 Å². The van der Waals surface area contributed by atoms with Gasteiger partial charge in [0.05, 0.1) is 0 Å². The van der Waals surface area contributed by atoms with E-state index in [1.54, 1.807) is 6.08 Å². The summed E-state index contributed by atoms with van der Waals surface area (Å²) >= 11 is 0. The van der Waals surface area contributed by atoms with Gasteiger partial charge in [0.2, 0.25) is 0 Å². The van der Waals surface area contributed by atoms with E-state index in [1.807, 2.05) is 36.4 Å². The maximum Gasteiger partial charge on any atom is 0.185 e. The van der Waals surface area contributed by atoms with Crippen LogP contribution < -0.4 is 10.2 Å². The third-order valence-corrected chi connectivity index (χ3v) is 6.43. The van der Waals surface area contributed by atoms with Crippen LogP contribution in [0.1, 0.15) is 15.9 Å². The number of hydrogen-bond donors (Lipinski definition) is 1. The van der Waals surface area contributed by atoms with Crippen molar-refractivity contribution in [2.75, 3.05) is 70.6 Å². The summed E-state index contributed by atoms with van der Waals surface area (Å²) in [5.41, 5.74) is 6.25. The van der Waals surface area contributed by atoms with Crippen LogP contribution in [0.15, 0.2) is 78.9 Å². The minimum absolute atomic E-state index is 0. The Morgan fingerprint density at radius 1 is 0.917 bits per heavy atom. The minimum Gasteiger partial charge on any atom is -0.384 e. The minimum atomic E-state index is 0. The van der Waals surface area contributed by atoms with Crippen molar-refractivity contribution < 1.29 is 4.79 Å². The molecule has 0 radical (unpaired) electrons. The maximum atomic E-state index is 13.1. The van der Waals surface area contributed by atoms with Crippen molar-refractivity contribution in [1.82, 2.24) is 9.80 Å². The number of halogens is 1. The SMILES string of the molecule is CN(C)CCNc1cccc(C(=O)/C=C/c2cc(-c3ccccc3)ccc2N2CCN(C)CC2)c1.Cl. The fourth-order valence-corrected chi connectivity index (χ4v) is 4.30. The average Bonchev–Trinajstić information content (AvgIpc) is 2.88. The molecule has 0 saturated carbocycles. The van der Waals surface area contributed by atoms with Crippen LogP contribution in [0, 0.1) is 0 Å². The van der Waals surface area contributed by atoms with Gasteiger partial charge in [-0.25, -0.2) is 0 Å². The zero-order valence-corrected chi connectivity index (χ0v) is 22.3. The summed E-state index contributed by atoms with van der Waals surface area (Å²) in [5, 5.41) is 3.40. The molecule has 0 bridgehead atoms. The van der Waals surface area contributed by atoms with Gasteiger partial charge >= 0.3 is 0 Å². The Kier molecular flexibility index (Phi) is 10.1. The molecule has 3 aromatic rings. The van der Waals surface area contributed by atoms with Crippen LogP contribution in [0.4, 0.5) is 11.4 Å². The number of hydrogen-bond acceptors (Lipinski definition) is 5. The highest BCUT2D eigenvalue weighted by Crippen LogP contribution is 2.29. The Morgan fingerprint density at radius 3 is 2.39 bits per heavy atom. The first kappa shape index (κ1) is 27.5.